The molecule has 0 saturated carbocycles. The number of amides is 1. The number of benzene rings is 1. The summed E-state index contributed by atoms with van der Waals surface area (Å²) in [7, 11) is 1.57. The molecule has 2 rings (SSSR count). The summed E-state index contributed by atoms with van der Waals surface area (Å²) < 4.78 is 5.07. The van der Waals surface area contributed by atoms with Gasteiger partial charge in [-0.25, -0.2) is 0 Å². The number of aliphatic carboxylic acids is 1. The maximum absolute atomic E-state index is 11.4. The average molecular weight is 249 g/mol. The van der Waals surface area contributed by atoms with Crippen molar-refractivity contribution in [2.24, 2.45) is 0 Å². The Balaban J connectivity index is 2.33. The topological polar surface area (TPSA) is 75.6 Å². The molecule has 1 unspecified atom stereocenters. The van der Waals surface area contributed by atoms with Gasteiger partial charge in [-0.2, -0.15) is 0 Å². The van der Waals surface area contributed by atoms with Gasteiger partial charge in [-0.3, -0.25) is 9.59 Å². The lowest BCUT2D eigenvalue weighted by Crippen LogP contribution is -2.31. The van der Waals surface area contributed by atoms with Crippen molar-refractivity contribution < 1.29 is 19.4 Å². The third-order valence-electron chi connectivity index (χ3n) is 3.31. The van der Waals surface area contributed by atoms with Crippen LogP contribution in [0.25, 0.3) is 0 Å². The largest absolute Gasteiger partial charge is 0.497 e. The van der Waals surface area contributed by atoms with Crippen LogP contribution in [0, 0.1) is 0 Å². The summed E-state index contributed by atoms with van der Waals surface area (Å²) in [5.74, 6) is -0.295. The molecule has 1 atom stereocenters. The molecular formula is C13H15NO4. The lowest BCUT2D eigenvalue weighted by molar-refractivity contribution is -0.138. The lowest BCUT2D eigenvalue weighted by Gasteiger charge is -2.25. The minimum absolute atomic E-state index is 0.0575. The Bertz CT molecular complexity index is 468. The fourth-order valence-corrected chi connectivity index (χ4v) is 2.37. The van der Waals surface area contributed by atoms with Gasteiger partial charge in [0.1, 0.15) is 5.75 Å². The van der Waals surface area contributed by atoms with Gasteiger partial charge >= 0.3 is 5.97 Å². The number of ether oxygens (including phenoxy) is 1. The highest BCUT2D eigenvalue weighted by Gasteiger charge is 2.41. The van der Waals surface area contributed by atoms with E-state index in [1.807, 2.05) is 12.1 Å². The van der Waals surface area contributed by atoms with E-state index in [1.165, 1.54) is 0 Å². The Morgan fingerprint density at radius 2 is 2.11 bits per heavy atom. The highest BCUT2D eigenvalue weighted by Crippen LogP contribution is 2.35. The second-order valence-electron chi connectivity index (χ2n) is 4.53. The summed E-state index contributed by atoms with van der Waals surface area (Å²) in [6, 6.07) is 7.20. The summed E-state index contributed by atoms with van der Waals surface area (Å²) in [6.45, 7) is 0.366. The molecule has 5 nitrogen and oxygen atoms in total. The van der Waals surface area contributed by atoms with Crippen molar-refractivity contribution in [2.45, 2.75) is 18.3 Å². The second kappa shape index (κ2) is 4.68. The number of nitrogens with one attached hydrogen (secondary N) is 1. The fourth-order valence-electron chi connectivity index (χ4n) is 2.37. The Labute approximate surface area is 105 Å². The minimum atomic E-state index is -0.901. The van der Waals surface area contributed by atoms with Gasteiger partial charge in [0, 0.05) is 18.4 Å². The molecule has 2 N–H and O–H groups in total. The zero-order valence-electron chi connectivity index (χ0n) is 10.1. The molecule has 1 aliphatic heterocycles. The molecule has 1 aromatic carbocycles. The Morgan fingerprint density at radius 1 is 1.44 bits per heavy atom. The molecule has 0 radical (unpaired) electrons. The van der Waals surface area contributed by atoms with Gasteiger partial charge in [-0.15, -0.1) is 0 Å². The molecule has 1 fully saturated rings. The molecule has 1 aliphatic rings. The third-order valence-corrected chi connectivity index (χ3v) is 3.31. The summed E-state index contributed by atoms with van der Waals surface area (Å²) in [5.41, 5.74) is 0.207. The quantitative estimate of drug-likeness (QED) is 0.832. The molecule has 1 saturated heterocycles. The number of methoxy groups -OCH3 is 1. The zero-order chi connectivity index (χ0) is 13.2. The van der Waals surface area contributed by atoms with Crippen LogP contribution in [0.2, 0.25) is 0 Å². The van der Waals surface area contributed by atoms with Crippen LogP contribution < -0.4 is 10.1 Å². The number of carbonyl (C=O) groups excluding carboxylic acids is 1. The van der Waals surface area contributed by atoms with E-state index in [0.29, 0.717) is 12.3 Å². The molecule has 1 heterocycles. The number of carboxylic acids is 1. The molecule has 5 heteroatoms. The number of carbonyl (C=O) groups is 2. The predicted octanol–water partition coefficient (Wildman–Crippen LogP) is 0.928. The maximum Gasteiger partial charge on any atom is 0.304 e. The van der Waals surface area contributed by atoms with E-state index in [2.05, 4.69) is 5.32 Å². The van der Waals surface area contributed by atoms with E-state index >= 15 is 0 Å². The van der Waals surface area contributed by atoms with E-state index in [4.69, 9.17) is 9.84 Å². The molecular weight excluding hydrogens is 234 g/mol. The number of hydrogen-bond donors (Lipinski definition) is 2. The van der Waals surface area contributed by atoms with Crippen molar-refractivity contribution in [3.05, 3.63) is 29.8 Å². The lowest BCUT2D eigenvalue weighted by atomic mass is 9.77. The zero-order valence-corrected chi connectivity index (χ0v) is 10.1. The highest BCUT2D eigenvalue weighted by molar-refractivity contribution is 5.83. The van der Waals surface area contributed by atoms with E-state index in [9.17, 15) is 9.59 Å². The molecule has 0 aliphatic carbocycles. The van der Waals surface area contributed by atoms with Gasteiger partial charge < -0.3 is 15.2 Å². The van der Waals surface area contributed by atoms with Gasteiger partial charge in [0.15, 0.2) is 0 Å². The predicted molar refractivity (Wildman–Crippen MR) is 64.6 cm³/mol. The van der Waals surface area contributed by atoms with Crippen LogP contribution >= 0.6 is 0 Å². The van der Waals surface area contributed by atoms with Crippen LogP contribution in [0.1, 0.15) is 18.4 Å². The van der Waals surface area contributed by atoms with Crippen molar-refractivity contribution in [3.63, 3.8) is 0 Å². The summed E-state index contributed by atoms with van der Waals surface area (Å²) >= 11 is 0. The van der Waals surface area contributed by atoms with Crippen molar-refractivity contribution in [1.29, 1.82) is 0 Å². The minimum Gasteiger partial charge on any atom is -0.497 e. The molecule has 96 valence electrons. The van der Waals surface area contributed by atoms with Crippen molar-refractivity contribution in [3.8, 4) is 5.75 Å². The number of rotatable bonds is 4. The summed E-state index contributed by atoms with van der Waals surface area (Å²) in [4.78, 5) is 22.4. The average Bonchev–Trinajstić information content (AvgIpc) is 2.71. The van der Waals surface area contributed by atoms with Crippen LogP contribution in [0.5, 0.6) is 5.75 Å². The Morgan fingerprint density at radius 3 is 2.56 bits per heavy atom. The van der Waals surface area contributed by atoms with Crippen LogP contribution in [-0.2, 0) is 15.0 Å². The molecule has 0 bridgehead atoms. The molecule has 18 heavy (non-hydrogen) atoms. The Hall–Kier alpha value is -2.04. The van der Waals surface area contributed by atoms with E-state index in [0.717, 1.165) is 5.56 Å². The van der Waals surface area contributed by atoms with Crippen molar-refractivity contribution >= 4 is 11.9 Å². The van der Waals surface area contributed by atoms with Gasteiger partial charge in [-0.1, -0.05) is 12.1 Å². The SMILES string of the molecule is COc1ccc(C2(CC(=O)O)CNC(=O)C2)cc1. The second-order valence-corrected chi connectivity index (χ2v) is 4.53. The maximum atomic E-state index is 11.4. The van der Waals surface area contributed by atoms with Crippen molar-refractivity contribution in [2.75, 3.05) is 13.7 Å². The van der Waals surface area contributed by atoms with E-state index in [-0.39, 0.29) is 18.7 Å². The van der Waals surface area contributed by atoms with Crippen LogP contribution in [0.4, 0.5) is 0 Å². The van der Waals surface area contributed by atoms with Gasteiger partial charge in [0.2, 0.25) is 5.91 Å². The Kier molecular flexibility index (Phi) is 3.23. The van der Waals surface area contributed by atoms with E-state index < -0.39 is 11.4 Å². The van der Waals surface area contributed by atoms with Crippen LogP contribution in [-0.4, -0.2) is 30.6 Å². The smallest absolute Gasteiger partial charge is 0.304 e. The third kappa shape index (κ3) is 2.30. The van der Waals surface area contributed by atoms with Crippen molar-refractivity contribution in [1.82, 2.24) is 5.32 Å². The monoisotopic (exact) mass is 249 g/mol. The first-order chi connectivity index (χ1) is 8.55. The first-order valence-corrected chi connectivity index (χ1v) is 5.69. The molecule has 1 aromatic rings. The van der Waals surface area contributed by atoms with Gasteiger partial charge in [0.05, 0.1) is 13.5 Å². The van der Waals surface area contributed by atoms with Gasteiger partial charge in [0.25, 0.3) is 0 Å². The first-order valence-electron chi connectivity index (χ1n) is 5.69. The van der Waals surface area contributed by atoms with Crippen LogP contribution in [0.15, 0.2) is 24.3 Å². The van der Waals surface area contributed by atoms with E-state index in [1.54, 1.807) is 19.2 Å². The summed E-state index contributed by atoms with van der Waals surface area (Å²) in [5, 5.41) is 11.7. The molecule has 0 aromatic heterocycles. The highest BCUT2D eigenvalue weighted by atomic mass is 16.5. The molecule has 1 amide bonds. The number of hydrogen-bond acceptors (Lipinski definition) is 3. The number of carboxylic acid groups (broad SMARTS) is 1. The summed E-state index contributed by atoms with van der Waals surface area (Å²) in [6.07, 6.45) is 0.156. The molecule has 0 spiro atoms. The normalized spacial score (nSPS) is 22.6. The fraction of sp³-hybridized carbons (Fsp3) is 0.385. The van der Waals surface area contributed by atoms with Gasteiger partial charge in [-0.05, 0) is 17.7 Å². The van der Waals surface area contributed by atoms with Crippen LogP contribution in [0.3, 0.4) is 0 Å². The first kappa shape index (κ1) is 12.4. The standard InChI is InChI=1S/C13H15NO4/c1-18-10-4-2-9(3-5-10)13(7-12(16)17)6-11(15)14-8-13/h2-5H,6-8H2,1H3,(H,14,15)(H,16,17).